The summed E-state index contributed by atoms with van der Waals surface area (Å²) < 4.78 is 0. The van der Waals surface area contributed by atoms with E-state index in [0.29, 0.717) is 13.0 Å². The molecule has 3 aliphatic rings. The van der Waals surface area contributed by atoms with Gasteiger partial charge in [-0.3, -0.25) is 28.9 Å². The van der Waals surface area contributed by atoms with Crippen LogP contribution in [0.4, 0.5) is 4.79 Å². The van der Waals surface area contributed by atoms with E-state index in [1.54, 1.807) is 34.6 Å². The maximum Gasteiger partial charge on any atom is 0.408 e. The number of nitrogens with one attached hydrogen (secondary N) is 2. The second kappa shape index (κ2) is 13.8. The Morgan fingerprint density at radius 1 is 1.02 bits per heavy atom. The van der Waals surface area contributed by atoms with Crippen molar-refractivity contribution in [3.63, 3.8) is 0 Å². The number of ketones is 2. The molecule has 1 heterocycles. The number of nitrogens with zero attached hydrogens (tertiary/aromatic N) is 2. The summed E-state index contributed by atoms with van der Waals surface area (Å²) in [4.78, 5) is 81.2. The van der Waals surface area contributed by atoms with E-state index in [-0.39, 0.29) is 42.9 Å². The summed E-state index contributed by atoms with van der Waals surface area (Å²) in [5, 5.41) is 15.7. The number of likely N-dealkylation sites (tertiary alicyclic amines) is 1. The molecule has 0 aromatic rings. The minimum absolute atomic E-state index is 0.00200. The number of hydrogen-bond donors (Lipinski definition) is 3. The van der Waals surface area contributed by atoms with Crippen LogP contribution in [0.2, 0.25) is 0 Å². The maximum atomic E-state index is 14.3. The van der Waals surface area contributed by atoms with Gasteiger partial charge in [-0.2, -0.15) is 0 Å². The van der Waals surface area contributed by atoms with Gasteiger partial charge in [0.15, 0.2) is 5.78 Å². The van der Waals surface area contributed by atoms with Gasteiger partial charge in [0.25, 0.3) is 5.91 Å². The number of fused-ring (bicyclic) bond motifs is 1. The number of allylic oxidation sites excluding steroid dienone is 2. The molecule has 3 N–H and O–H groups in total. The molecule has 42 heavy (non-hydrogen) atoms. The zero-order valence-electron chi connectivity index (χ0n) is 25.9. The van der Waals surface area contributed by atoms with Gasteiger partial charge in [-0.1, -0.05) is 25.3 Å². The summed E-state index contributed by atoms with van der Waals surface area (Å²) in [6, 6.07) is -3.08. The van der Waals surface area contributed by atoms with Crippen molar-refractivity contribution >= 4 is 35.4 Å². The van der Waals surface area contributed by atoms with Gasteiger partial charge in [0.1, 0.15) is 12.1 Å². The number of carbonyl (C=O) groups excluding carboxylic acids is 5. The third kappa shape index (κ3) is 8.19. The SMILES string of the molecule is CCC[C@H](NC(=O)[C@@H]1[C@H]2CCC[C@H]2CN1C(=O)[C@H](CCC(=O)C=C(C)C)N(C(=O)O)C(C)(C)C)C(=O)C(=O)NC1CC1. The van der Waals surface area contributed by atoms with Crippen molar-refractivity contribution < 1.29 is 33.9 Å². The molecule has 0 aromatic heterocycles. The predicted molar refractivity (Wildman–Crippen MR) is 156 cm³/mol. The molecule has 2 saturated carbocycles. The first-order valence-corrected chi connectivity index (χ1v) is 15.3. The monoisotopic (exact) mass is 588 g/mol. The van der Waals surface area contributed by atoms with Crippen molar-refractivity contribution in [3.05, 3.63) is 11.6 Å². The summed E-state index contributed by atoms with van der Waals surface area (Å²) in [7, 11) is 0. The fourth-order valence-corrected chi connectivity index (χ4v) is 6.44. The molecule has 5 atom stereocenters. The zero-order valence-corrected chi connectivity index (χ0v) is 25.9. The van der Waals surface area contributed by atoms with Crippen LogP contribution in [0, 0.1) is 11.8 Å². The summed E-state index contributed by atoms with van der Waals surface area (Å²) in [6.07, 6.45) is 5.12. The van der Waals surface area contributed by atoms with Gasteiger partial charge < -0.3 is 20.6 Å². The number of amides is 4. The molecule has 11 nitrogen and oxygen atoms in total. The fraction of sp³-hybridized carbons (Fsp3) is 0.742. The Kier molecular flexibility index (Phi) is 10.9. The quantitative estimate of drug-likeness (QED) is 0.221. The Hall–Kier alpha value is -3.24. The second-order valence-electron chi connectivity index (χ2n) is 13.3. The number of hydrogen-bond acceptors (Lipinski definition) is 6. The Balaban J connectivity index is 1.90. The molecule has 1 saturated heterocycles. The van der Waals surface area contributed by atoms with Crippen LogP contribution in [0.5, 0.6) is 0 Å². The van der Waals surface area contributed by atoms with Gasteiger partial charge >= 0.3 is 6.09 Å². The van der Waals surface area contributed by atoms with Gasteiger partial charge in [-0.05, 0) is 91.1 Å². The third-order valence-corrected chi connectivity index (χ3v) is 8.43. The standard InChI is InChI=1S/C31H48N4O7/c1-7-9-23(26(37)28(39)32-20-12-13-20)33-27(38)25-22-11-8-10-19(22)17-34(25)29(40)24(15-14-21(36)16-18(2)3)35(30(41)42)31(4,5)6/h16,19-20,22-25H,7-15,17H2,1-6H3,(H,32,39)(H,33,38)(H,41,42)/t19-,22-,23-,24-,25-/m0/s1. The maximum absolute atomic E-state index is 14.3. The lowest BCUT2D eigenvalue weighted by molar-refractivity contribution is -0.146. The summed E-state index contributed by atoms with van der Waals surface area (Å²) in [5.74, 6) is -2.69. The summed E-state index contributed by atoms with van der Waals surface area (Å²) >= 11 is 0. The summed E-state index contributed by atoms with van der Waals surface area (Å²) in [6.45, 7) is 10.8. The molecule has 4 amide bonds. The lowest BCUT2D eigenvalue weighted by Gasteiger charge is -2.41. The lowest BCUT2D eigenvalue weighted by atomic mass is 9.92. The van der Waals surface area contributed by atoms with Crippen LogP contribution in [0.3, 0.4) is 0 Å². The highest BCUT2D eigenvalue weighted by molar-refractivity contribution is 6.38. The molecule has 2 aliphatic carbocycles. The average molecular weight is 589 g/mol. The molecule has 0 bridgehead atoms. The molecule has 3 rings (SSSR count). The van der Waals surface area contributed by atoms with E-state index in [4.69, 9.17) is 0 Å². The number of rotatable bonds is 13. The molecule has 1 aliphatic heterocycles. The van der Waals surface area contributed by atoms with E-state index in [0.717, 1.165) is 42.6 Å². The van der Waals surface area contributed by atoms with E-state index in [1.165, 1.54) is 11.0 Å². The van der Waals surface area contributed by atoms with Crippen LogP contribution in [0.15, 0.2) is 11.6 Å². The van der Waals surface area contributed by atoms with Crippen LogP contribution >= 0.6 is 0 Å². The largest absolute Gasteiger partial charge is 0.465 e. The second-order valence-corrected chi connectivity index (χ2v) is 13.3. The van der Waals surface area contributed by atoms with E-state index in [9.17, 15) is 33.9 Å². The molecule has 0 spiro atoms. The van der Waals surface area contributed by atoms with Crippen molar-refractivity contribution in [2.75, 3.05) is 6.54 Å². The Labute approximate surface area is 248 Å². The first-order chi connectivity index (χ1) is 19.6. The Bertz CT molecular complexity index is 1100. The van der Waals surface area contributed by atoms with E-state index in [1.807, 2.05) is 6.92 Å². The van der Waals surface area contributed by atoms with Gasteiger partial charge in [0.2, 0.25) is 17.6 Å². The predicted octanol–water partition coefficient (Wildman–Crippen LogP) is 3.21. The lowest BCUT2D eigenvalue weighted by Crippen LogP contribution is -2.60. The van der Waals surface area contributed by atoms with Crippen LogP contribution in [0.1, 0.15) is 99.3 Å². The van der Waals surface area contributed by atoms with E-state index in [2.05, 4.69) is 10.6 Å². The Morgan fingerprint density at radius 3 is 2.24 bits per heavy atom. The van der Waals surface area contributed by atoms with Gasteiger partial charge in [0, 0.05) is 24.5 Å². The first kappa shape index (κ1) is 33.3. The molecule has 0 radical (unpaired) electrons. The van der Waals surface area contributed by atoms with Crippen molar-refractivity contribution in [1.82, 2.24) is 20.4 Å². The van der Waals surface area contributed by atoms with Crippen molar-refractivity contribution in [3.8, 4) is 0 Å². The molecular formula is C31H48N4O7. The van der Waals surface area contributed by atoms with E-state index >= 15 is 0 Å². The Morgan fingerprint density at radius 2 is 1.69 bits per heavy atom. The van der Waals surface area contributed by atoms with Crippen molar-refractivity contribution in [2.24, 2.45) is 11.8 Å². The molecule has 0 aromatic carbocycles. The first-order valence-electron chi connectivity index (χ1n) is 15.3. The molecule has 3 fully saturated rings. The average Bonchev–Trinajstić information content (AvgIpc) is 3.44. The van der Waals surface area contributed by atoms with E-state index < -0.39 is 53.3 Å². The molecule has 0 unspecified atom stereocenters. The van der Waals surface area contributed by atoms with Crippen LogP contribution in [-0.4, -0.2) is 86.5 Å². The van der Waals surface area contributed by atoms with Crippen LogP contribution in [-0.2, 0) is 24.0 Å². The van der Waals surface area contributed by atoms with Crippen molar-refractivity contribution in [1.29, 1.82) is 0 Å². The topological polar surface area (TPSA) is 153 Å². The minimum Gasteiger partial charge on any atom is -0.465 e. The zero-order chi connectivity index (χ0) is 31.4. The van der Waals surface area contributed by atoms with Gasteiger partial charge in [-0.15, -0.1) is 0 Å². The third-order valence-electron chi connectivity index (χ3n) is 8.43. The molecule has 234 valence electrons. The highest BCUT2D eigenvalue weighted by Gasteiger charge is 2.52. The number of carbonyl (C=O) groups is 6. The van der Waals surface area contributed by atoms with Crippen LogP contribution < -0.4 is 10.6 Å². The van der Waals surface area contributed by atoms with Crippen molar-refractivity contribution in [2.45, 2.75) is 129 Å². The fourth-order valence-electron chi connectivity index (χ4n) is 6.44. The smallest absolute Gasteiger partial charge is 0.408 e. The van der Waals surface area contributed by atoms with Crippen LogP contribution in [0.25, 0.3) is 0 Å². The molecular weight excluding hydrogens is 540 g/mol. The van der Waals surface area contributed by atoms with Gasteiger partial charge in [-0.25, -0.2) is 4.79 Å². The molecule has 11 heteroatoms. The highest BCUT2D eigenvalue weighted by Crippen LogP contribution is 2.43. The normalized spacial score (nSPS) is 22.9. The summed E-state index contributed by atoms with van der Waals surface area (Å²) in [5.41, 5.74) is -0.146. The van der Waals surface area contributed by atoms with Gasteiger partial charge in [0.05, 0.1) is 6.04 Å². The highest BCUT2D eigenvalue weighted by atomic mass is 16.4. The minimum atomic E-state index is -1.29. The number of carboxylic acid groups (broad SMARTS) is 1. The number of Topliss-reactive ketones (excluding diaryl/α,β-unsaturated/α-hetero) is 1.